The quantitative estimate of drug-likeness (QED) is 0.490. The van der Waals surface area contributed by atoms with Gasteiger partial charge in [-0.15, -0.1) is 0 Å². The van der Waals surface area contributed by atoms with E-state index in [2.05, 4.69) is 10.0 Å². The molecule has 1 unspecified atom stereocenters. The molecule has 0 aromatic carbocycles. The lowest BCUT2D eigenvalue weighted by Gasteiger charge is -2.12. The van der Waals surface area contributed by atoms with Crippen molar-refractivity contribution in [2.45, 2.75) is 25.8 Å². The zero-order chi connectivity index (χ0) is 11.9. The zero-order valence-corrected chi connectivity index (χ0v) is 9.80. The average molecular weight is 238 g/mol. The highest BCUT2D eigenvalue weighted by atomic mass is 32.2. The van der Waals surface area contributed by atoms with Gasteiger partial charge in [-0.1, -0.05) is 0 Å². The molecule has 0 saturated carbocycles. The smallest absolute Gasteiger partial charge is 0.303 e. The van der Waals surface area contributed by atoms with Crippen molar-refractivity contribution in [3.63, 3.8) is 0 Å². The van der Waals surface area contributed by atoms with Gasteiger partial charge in [0.2, 0.25) is 10.0 Å². The van der Waals surface area contributed by atoms with Gasteiger partial charge in [-0.2, -0.15) is 0 Å². The number of hydrogen-bond acceptors (Lipinski definition) is 4. The number of aliphatic carboxylic acids is 1. The fraction of sp³-hybridized carbons (Fsp3) is 0.875. The zero-order valence-electron chi connectivity index (χ0n) is 8.99. The number of sulfonamides is 1. The first kappa shape index (κ1) is 14.3. The molecular weight excluding hydrogens is 220 g/mol. The van der Waals surface area contributed by atoms with Gasteiger partial charge in [-0.05, 0) is 13.3 Å². The van der Waals surface area contributed by atoms with Gasteiger partial charge in [-0.25, -0.2) is 13.1 Å². The van der Waals surface area contributed by atoms with Crippen molar-refractivity contribution in [3.05, 3.63) is 0 Å². The number of hydrogen-bond donors (Lipinski definition) is 3. The lowest BCUT2D eigenvalue weighted by atomic mass is 10.2. The molecule has 7 heteroatoms. The molecule has 6 nitrogen and oxygen atoms in total. The summed E-state index contributed by atoms with van der Waals surface area (Å²) in [7, 11) is -3.13. The largest absolute Gasteiger partial charge is 0.481 e. The van der Waals surface area contributed by atoms with Crippen molar-refractivity contribution in [2.75, 3.05) is 19.3 Å². The number of rotatable bonds is 8. The third-order valence-corrected chi connectivity index (χ3v) is 2.50. The van der Waals surface area contributed by atoms with Crippen LogP contribution in [0.2, 0.25) is 0 Å². The molecule has 0 saturated heterocycles. The standard InChI is InChI=1S/C8H18N2O4S/c1-7(3-4-8(11)12)9-5-6-10-15(2,13)14/h7,9-10H,3-6H2,1-2H3,(H,11,12). The van der Waals surface area contributed by atoms with E-state index < -0.39 is 16.0 Å². The Morgan fingerprint density at radius 3 is 2.47 bits per heavy atom. The van der Waals surface area contributed by atoms with Crippen molar-refractivity contribution in [1.29, 1.82) is 0 Å². The number of carbonyl (C=O) groups is 1. The van der Waals surface area contributed by atoms with Gasteiger partial charge in [0.15, 0.2) is 0 Å². The Labute approximate surface area is 90.1 Å². The van der Waals surface area contributed by atoms with Crippen molar-refractivity contribution >= 4 is 16.0 Å². The summed E-state index contributed by atoms with van der Waals surface area (Å²) in [5.74, 6) is -0.821. The number of carboxylic acid groups (broad SMARTS) is 1. The highest BCUT2D eigenvalue weighted by Crippen LogP contribution is 1.95. The summed E-state index contributed by atoms with van der Waals surface area (Å²) < 4.78 is 23.7. The minimum atomic E-state index is -3.13. The summed E-state index contributed by atoms with van der Waals surface area (Å²) >= 11 is 0. The van der Waals surface area contributed by atoms with Crippen LogP contribution in [0.15, 0.2) is 0 Å². The van der Waals surface area contributed by atoms with E-state index in [1.165, 1.54) is 0 Å². The minimum Gasteiger partial charge on any atom is -0.481 e. The fourth-order valence-electron chi connectivity index (χ4n) is 0.997. The predicted molar refractivity (Wildman–Crippen MR) is 57.2 cm³/mol. The van der Waals surface area contributed by atoms with Crippen molar-refractivity contribution in [1.82, 2.24) is 10.0 Å². The highest BCUT2D eigenvalue weighted by Gasteiger charge is 2.05. The first-order valence-corrected chi connectivity index (χ1v) is 6.60. The predicted octanol–water partition coefficient (Wildman–Crippen LogP) is -0.621. The summed E-state index contributed by atoms with van der Waals surface area (Å²) in [6, 6.07) is 0.0717. The molecule has 0 aliphatic rings. The van der Waals surface area contributed by atoms with Crippen LogP contribution in [0.4, 0.5) is 0 Å². The Kier molecular flexibility index (Phi) is 6.46. The van der Waals surface area contributed by atoms with Gasteiger partial charge in [0.05, 0.1) is 6.26 Å². The second-order valence-corrected chi connectivity index (χ2v) is 5.29. The van der Waals surface area contributed by atoms with E-state index in [1.54, 1.807) is 0 Å². The molecule has 3 N–H and O–H groups in total. The molecular formula is C8H18N2O4S. The molecule has 0 bridgehead atoms. The van der Waals surface area contributed by atoms with E-state index in [0.717, 1.165) is 6.26 Å². The molecule has 15 heavy (non-hydrogen) atoms. The molecule has 0 aliphatic carbocycles. The Hall–Kier alpha value is -0.660. The van der Waals surface area contributed by atoms with E-state index in [4.69, 9.17) is 5.11 Å². The second kappa shape index (κ2) is 6.76. The fourth-order valence-corrected chi connectivity index (χ4v) is 1.47. The minimum absolute atomic E-state index is 0.0717. The molecule has 0 amide bonds. The Morgan fingerprint density at radius 1 is 1.40 bits per heavy atom. The Balaban J connectivity index is 3.47. The maximum Gasteiger partial charge on any atom is 0.303 e. The molecule has 0 aromatic heterocycles. The normalized spacial score (nSPS) is 13.7. The first-order valence-electron chi connectivity index (χ1n) is 4.71. The van der Waals surface area contributed by atoms with Crippen LogP contribution in [-0.4, -0.2) is 44.9 Å². The lowest BCUT2D eigenvalue weighted by molar-refractivity contribution is -0.137. The van der Waals surface area contributed by atoms with Crippen LogP contribution in [0.1, 0.15) is 19.8 Å². The van der Waals surface area contributed by atoms with Crippen LogP contribution in [0.3, 0.4) is 0 Å². The molecule has 0 heterocycles. The Bertz CT molecular complexity index is 289. The van der Waals surface area contributed by atoms with Gasteiger partial charge in [0.25, 0.3) is 0 Å². The van der Waals surface area contributed by atoms with Gasteiger partial charge in [0.1, 0.15) is 0 Å². The average Bonchev–Trinajstić information content (AvgIpc) is 2.07. The van der Waals surface area contributed by atoms with Crippen molar-refractivity contribution < 1.29 is 18.3 Å². The third kappa shape index (κ3) is 11.3. The summed E-state index contributed by atoms with van der Waals surface area (Å²) in [6.45, 7) is 2.67. The highest BCUT2D eigenvalue weighted by molar-refractivity contribution is 7.88. The van der Waals surface area contributed by atoms with E-state index in [1.807, 2.05) is 6.92 Å². The maximum absolute atomic E-state index is 10.7. The van der Waals surface area contributed by atoms with Crippen molar-refractivity contribution in [2.24, 2.45) is 0 Å². The van der Waals surface area contributed by atoms with Crippen LogP contribution in [0.25, 0.3) is 0 Å². The number of nitrogens with one attached hydrogen (secondary N) is 2. The molecule has 0 spiro atoms. The molecule has 0 fully saturated rings. The monoisotopic (exact) mass is 238 g/mol. The van der Waals surface area contributed by atoms with Gasteiger partial charge >= 0.3 is 5.97 Å². The third-order valence-electron chi connectivity index (χ3n) is 1.77. The van der Waals surface area contributed by atoms with Gasteiger partial charge in [0, 0.05) is 25.6 Å². The molecule has 0 rings (SSSR count). The van der Waals surface area contributed by atoms with E-state index in [9.17, 15) is 13.2 Å². The summed E-state index contributed by atoms with van der Waals surface area (Å²) in [5.41, 5.74) is 0. The number of carboxylic acids is 1. The molecule has 0 radical (unpaired) electrons. The topological polar surface area (TPSA) is 95.5 Å². The summed E-state index contributed by atoms with van der Waals surface area (Å²) in [5, 5.41) is 11.4. The van der Waals surface area contributed by atoms with Crippen LogP contribution < -0.4 is 10.0 Å². The summed E-state index contributed by atoms with van der Waals surface area (Å²) in [4.78, 5) is 10.2. The molecule has 1 atom stereocenters. The van der Waals surface area contributed by atoms with Gasteiger partial charge in [-0.3, -0.25) is 4.79 Å². The first-order chi connectivity index (χ1) is 6.81. The maximum atomic E-state index is 10.7. The van der Waals surface area contributed by atoms with Gasteiger partial charge < -0.3 is 10.4 Å². The summed E-state index contributed by atoms with van der Waals surface area (Å²) in [6.07, 6.45) is 1.75. The SMILES string of the molecule is CC(CCC(=O)O)NCCNS(C)(=O)=O. The van der Waals surface area contributed by atoms with Crippen LogP contribution in [0.5, 0.6) is 0 Å². The van der Waals surface area contributed by atoms with E-state index in [-0.39, 0.29) is 12.5 Å². The second-order valence-electron chi connectivity index (χ2n) is 3.45. The van der Waals surface area contributed by atoms with E-state index >= 15 is 0 Å². The molecule has 90 valence electrons. The lowest BCUT2D eigenvalue weighted by Crippen LogP contribution is -2.35. The van der Waals surface area contributed by atoms with Crippen LogP contribution in [-0.2, 0) is 14.8 Å². The molecule has 0 aliphatic heterocycles. The molecule has 0 aromatic rings. The van der Waals surface area contributed by atoms with Crippen molar-refractivity contribution in [3.8, 4) is 0 Å². The van der Waals surface area contributed by atoms with E-state index in [0.29, 0.717) is 19.5 Å². The van der Waals surface area contributed by atoms with Crippen LogP contribution in [0, 0.1) is 0 Å². The van der Waals surface area contributed by atoms with Crippen LogP contribution >= 0.6 is 0 Å². The Morgan fingerprint density at radius 2 is 2.00 bits per heavy atom.